The van der Waals surface area contributed by atoms with Crippen molar-refractivity contribution in [1.29, 1.82) is 0 Å². The Labute approximate surface area is 86.0 Å². The maximum absolute atomic E-state index is 11.6. The summed E-state index contributed by atoms with van der Waals surface area (Å²) in [5, 5.41) is 9.81. The molecular weight excluding hydrogens is 202 g/mol. The van der Waals surface area contributed by atoms with E-state index in [1.54, 1.807) is 7.05 Å². The van der Waals surface area contributed by atoms with E-state index in [4.69, 9.17) is 0 Å². The first-order valence-corrected chi connectivity index (χ1v) is 6.67. The van der Waals surface area contributed by atoms with Gasteiger partial charge in [-0.2, -0.15) is 0 Å². The molecule has 0 aromatic rings. The van der Waals surface area contributed by atoms with Gasteiger partial charge in [0, 0.05) is 13.6 Å². The van der Waals surface area contributed by atoms with Crippen LogP contribution in [0.25, 0.3) is 0 Å². The molecule has 0 saturated heterocycles. The van der Waals surface area contributed by atoms with E-state index in [1.807, 2.05) is 6.92 Å². The third-order valence-corrected chi connectivity index (χ3v) is 4.74. The summed E-state index contributed by atoms with van der Waals surface area (Å²) in [6, 6.07) is 0. The van der Waals surface area contributed by atoms with E-state index in [9.17, 15) is 13.5 Å². The van der Waals surface area contributed by atoms with Crippen LogP contribution in [0.5, 0.6) is 0 Å². The second-order valence-electron chi connectivity index (χ2n) is 4.15. The minimum Gasteiger partial charge on any atom is -0.389 e. The van der Waals surface area contributed by atoms with Crippen molar-refractivity contribution in [2.45, 2.75) is 38.2 Å². The highest BCUT2D eigenvalue weighted by Gasteiger charge is 2.37. The Kier molecular flexibility index (Phi) is 3.55. The summed E-state index contributed by atoms with van der Waals surface area (Å²) in [4.78, 5) is 0. The van der Waals surface area contributed by atoms with Crippen LogP contribution in [0.2, 0.25) is 0 Å². The Bertz CT molecular complexity index is 282. The average molecular weight is 221 g/mol. The summed E-state index contributed by atoms with van der Waals surface area (Å²) in [7, 11) is -1.60. The Morgan fingerprint density at radius 3 is 2.36 bits per heavy atom. The van der Waals surface area contributed by atoms with E-state index in [0.29, 0.717) is 6.42 Å². The van der Waals surface area contributed by atoms with Crippen LogP contribution in [0, 0.1) is 0 Å². The molecule has 0 atom stereocenters. The van der Waals surface area contributed by atoms with E-state index in [2.05, 4.69) is 0 Å². The van der Waals surface area contributed by atoms with Gasteiger partial charge in [0.1, 0.15) is 0 Å². The highest BCUT2D eigenvalue weighted by atomic mass is 32.2. The van der Waals surface area contributed by atoms with Gasteiger partial charge in [-0.05, 0) is 25.7 Å². The van der Waals surface area contributed by atoms with Crippen LogP contribution in [0.1, 0.15) is 32.6 Å². The molecule has 0 bridgehead atoms. The first kappa shape index (κ1) is 11.9. The summed E-state index contributed by atoms with van der Waals surface area (Å²) >= 11 is 0. The van der Waals surface area contributed by atoms with E-state index in [1.165, 1.54) is 4.31 Å². The smallest absolute Gasteiger partial charge is 0.213 e. The minimum absolute atomic E-state index is 0.166. The fourth-order valence-corrected chi connectivity index (χ4v) is 2.93. The number of aliphatic hydroxyl groups is 1. The van der Waals surface area contributed by atoms with Crippen molar-refractivity contribution < 1.29 is 13.5 Å². The molecule has 0 heterocycles. The van der Waals surface area contributed by atoms with Gasteiger partial charge in [0.2, 0.25) is 10.0 Å². The molecule has 1 aliphatic carbocycles. The zero-order valence-electron chi connectivity index (χ0n) is 8.86. The topological polar surface area (TPSA) is 57.6 Å². The molecular formula is C9H19NO3S. The van der Waals surface area contributed by atoms with Gasteiger partial charge < -0.3 is 5.11 Å². The minimum atomic E-state index is -3.15. The zero-order chi connectivity index (χ0) is 10.8. The Morgan fingerprint density at radius 1 is 1.43 bits per heavy atom. The molecule has 0 aromatic carbocycles. The summed E-state index contributed by atoms with van der Waals surface area (Å²) in [6.07, 6.45) is 3.06. The number of likely N-dealkylation sites (N-methyl/N-ethyl adjacent to an activating group) is 1. The number of hydrogen-bond donors (Lipinski definition) is 1. The summed E-state index contributed by atoms with van der Waals surface area (Å²) in [6.45, 7) is 2.08. The summed E-state index contributed by atoms with van der Waals surface area (Å²) in [5.41, 5.74) is -0.754. The molecule has 0 unspecified atom stereocenters. The van der Waals surface area contributed by atoms with Crippen LogP contribution in [0.4, 0.5) is 0 Å². The second-order valence-corrected chi connectivity index (χ2v) is 6.35. The van der Waals surface area contributed by atoms with Gasteiger partial charge in [0.25, 0.3) is 0 Å². The molecule has 84 valence electrons. The Balaban J connectivity index is 2.52. The molecule has 0 amide bonds. The highest BCUT2D eigenvalue weighted by molar-refractivity contribution is 7.89. The van der Waals surface area contributed by atoms with Crippen LogP contribution in [0.15, 0.2) is 0 Å². The third-order valence-electron chi connectivity index (χ3n) is 2.74. The third kappa shape index (κ3) is 2.68. The standard InChI is InChI=1S/C9H19NO3S/c1-3-7-14(12,13)10(2)8-9(11)5-4-6-9/h11H,3-8H2,1-2H3. The first-order chi connectivity index (χ1) is 6.40. The zero-order valence-corrected chi connectivity index (χ0v) is 9.68. The van der Waals surface area contributed by atoms with E-state index in [0.717, 1.165) is 19.3 Å². The predicted molar refractivity (Wildman–Crippen MR) is 55.5 cm³/mol. The van der Waals surface area contributed by atoms with Crippen LogP contribution in [-0.2, 0) is 10.0 Å². The maximum atomic E-state index is 11.6. The average Bonchev–Trinajstić information content (AvgIpc) is 2.01. The SMILES string of the molecule is CCCS(=O)(=O)N(C)CC1(O)CCC1. The molecule has 14 heavy (non-hydrogen) atoms. The van der Waals surface area contributed by atoms with Gasteiger partial charge >= 0.3 is 0 Å². The predicted octanol–water partition coefficient (Wildman–Crippen LogP) is 0.573. The molecule has 0 spiro atoms. The molecule has 0 radical (unpaired) electrons. The monoisotopic (exact) mass is 221 g/mol. The number of rotatable bonds is 5. The van der Waals surface area contributed by atoms with E-state index < -0.39 is 15.6 Å². The Morgan fingerprint density at radius 2 is 2.00 bits per heavy atom. The lowest BCUT2D eigenvalue weighted by molar-refractivity contribution is -0.0423. The molecule has 1 saturated carbocycles. The van der Waals surface area contributed by atoms with Crippen molar-refractivity contribution in [2.24, 2.45) is 0 Å². The molecule has 1 fully saturated rings. The lowest BCUT2D eigenvalue weighted by Gasteiger charge is -2.39. The fraction of sp³-hybridized carbons (Fsp3) is 1.00. The van der Waals surface area contributed by atoms with Gasteiger partial charge in [-0.3, -0.25) is 0 Å². The normalized spacial score (nSPS) is 20.9. The molecule has 4 nitrogen and oxygen atoms in total. The molecule has 0 aromatic heterocycles. The van der Waals surface area contributed by atoms with Gasteiger partial charge in [-0.1, -0.05) is 6.92 Å². The van der Waals surface area contributed by atoms with Crippen molar-refractivity contribution in [3.63, 3.8) is 0 Å². The van der Waals surface area contributed by atoms with Crippen LogP contribution >= 0.6 is 0 Å². The fourth-order valence-electron chi connectivity index (χ4n) is 1.67. The van der Waals surface area contributed by atoms with Crippen molar-refractivity contribution in [3.8, 4) is 0 Å². The van der Waals surface area contributed by atoms with Crippen LogP contribution in [-0.4, -0.2) is 42.8 Å². The van der Waals surface area contributed by atoms with Crippen molar-refractivity contribution >= 4 is 10.0 Å². The van der Waals surface area contributed by atoms with E-state index in [-0.39, 0.29) is 12.3 Å². The van der Waals surface area contributed by atoms with Gasteiger partial charge in [-0.25, -0.2) is 12.7 Å². The quantitative estimate of drug-likeness (QED) is 0.738. The van der Waals surface area contributed by atoms with Crippen molar-refractivity contribution in [2.75, 3.05) is 19.3 Å². The molecule has 1 N–H and O–H groups in total. The molecule has 0 aliphatic heterocycles. The molecule has 1 rings (SSSR count). The lowest BCUT2D eigenvalue weighted by atomic mass is 9.80. The van der Waals surface area contributed by atoms with Gasteiger partial charge in [0.15, 0.2) is 0 Å². The van der Waals surface area contributed by atoms with E-state index >= 15 is 0 Å². The van der Waals surface area contributed by atoms with Gasteiger partial charge in [-0.15, -0.1) is 0 Å². The largest absolute Gasteiger partial charge is 0.389 e. The van der Waals surface area contributed by atoms with Crippen LogP contribution in [0.3, 0.4) is 0 Å². The molecule has 5 heteroatoms. The first-order valence-electron chi connectivity index (χ1n) is 5.06. The maximum Gasteiger partial charge on any atom is 0.213 e. The van der Waals surface area contributed by atoms with Crippen molar-refractivity contribution in [3.05, 3.63) is 0 Å². The summed E-state index contributed by atoms with van der Waals surface area (Å²) < 4.78 is 24.4. The highest BCUT2D eigenvalue weighted by Crippen LogP contribution is 2.32. The Hall–Kier alpha value is -0.130. The second kappa shape index (κ2) is 4.16. The van der Waals surface area contributed by atoms with Gasteiger partial charge in [0.05, 0.1) is 11.4 Å². The number of nitrogens with zero attached hydrogens (tertiary/aromatic N) is 1. The number of sulfonamides is 1. The lowest BCUT2D eigenvalue weighted by Crippen LogP contribution is -2.48. The number of hydrogen-bond acceptors (Lipinski definition) is 3. The van der Waals surface area contributed by atoms with Crippen molar-refractivity contribution in [1.82, 2.24) is 4.31 Å². The van der Waals surface area contributed by atoms with Crippen LogP contribution < -0.4 is 0 Å². The molecule has 1 aliphatic rings. The summed E-state index contributed by atoms with van der Waals surface area (Å²) in [5.74, 6) is 0.166.